The Balaban J connectivity index is 2.09. The molecule has 1 aromatic heterocycles. The van der Waals surface area contributed by atoms with Crippen molar-refractivity contribution in [3.8, 4) is 5.88 Å². The van der Waals surface area contributed by atoms with Gasteiger partial charge in [-0.2, -0.15) is 0 Å². The van der Waals surface area contributed by atoms with Crippen LogP contribution in [0.25, 0.3) is 0 Å². The highest BCUT2D eigenvalue weighted by Gasteiger charge is 2.11. The van der Waals surface area contributed by atoms with Crippen LogP contribution < -0.4 is 4.74 Å². The van der Waals surface area contributed by atoms with Crippen molar-refractivity contribution in [2.75, 3.05) is 0 Å². The Morgan fingerprint density at radius 1 is 1.10 bits per heavy atom. The molecule has 0 fully saturated rings. The zero-order valence-corrected chi connectivity index (χ0v) is 11.5. The number of ether oxygens (including phenoxy) is 1. The van der Waals surface area contributed by atoms with Gasteiger partial charge in [0.25, 0.3) is 6.43 Å². The van der Waals surface area contributed by atoms with Crippen molar-refractivity contribution >= 4 is 15.9 Å². The first-order valence-electron chi connectivity index (χ1n) is 5.48. The van der Waals surface area contributed by atoms with Crippen molar-refractivity contribution in [2.24, 2.45) is 0 Å². The molecule has 7 heteroatoms. The fraction of sp³-hybridized carbons (Fsp3) is 0.154. The van der Waals surface area contributed by atoms with Gasteiger partial charge in [0.1, 0.15) is 17.0 Å². The molecule has 0 aliphatic carbocycles. The van der Waals surface area contributed by atoms with E-state index in [0.717, 1.165) is 18.2 Å². The van der Waals surface area contributed by atoms with Crippen LogP contribution in [-0.2, 0) is 6.61 Å². The van der Waals surface area contributed by atoms with E-state index >= 15 is 0 Å². The van der Waals surface area contributed by atoms with Gasteiger partial charge in [-0.25, -0.2) is 22.5 Å². The lowest BCUT2D eigenvalue weighted by Gasteiger charge is -2.08. The van der Waals surface area contributed by atoms with E-state index in [1.807, 2.05) is 0 Å². The van der Waals surface area contributed by atoms with Gasteiger partial charge in [-0.05, 0) is 28.1 Å². The smallest absolute Gasteiger partial charge is 0.263 e. The van der Waals surface area contributed by atoms with Gasteiger partial charge in [-0.3, -0.25) is 0 Å². The molecule has 2 nitrogen and oxygen atoms in total. The first kappa shape index (κ1) is 14.8. The lowest BCUT2D eigenvalue weighted by Crippen LogP contribution is -2.01. The molecule has 106 valence electrons. The minimum atomic E-state index is -2.73. The molecule has 0 aliphatic heterocycles. The second-order valence-corrected chi connectivity index (χ2v) is 4.61. The molecule has 0 N–H and O–H groups in total. The largest absolute Gasteiger partial charge is 0.473 e. The predicted molar refractivity (Wildman–Crippen MR) is 67.6 cm³/mol. The molecular weight excluding hydrogens is 342 g/mol. The fourth-order valence-corrected chi connectivity index (χ4v) is 1.76. The zero-order valence-electron chi connectivity index (χ0n) is 9.92. The number of pyridine rings is 1. The monoisotopic (exact) mass is 349 g/mol. The van der Waals surface area contributed by atoms with Gasteiger partial charge < -0.3 is 4.74 Å². The second kappa shape index (κ2) is 6.21. The Bertz CT molecular complexity index is 621. The summed E-state index contributed by atoms with van der Waals surface area (Å²) in [6, 6.07) is 5.53. The molecule has 0 atom stereocenters. The van der Waals surface area contributed by atoms with Crippen LogP contribution in [0.3, 0.4) is 0 Å². The highest BCUT2D eigenvalue weighted by Crippen LogP contribution is 2.22. The molecule has 0 saturated carbocycles. The van der Waals surface area contributed by atoms with Gasteiger partial charge in [-0.1, -0.05) is 12.1 Å². The standard InChI is InChI=1S/C13H8BrF4NO/c14-12-9(15)3-4-11(19-12)20-6-8-2-1-7(13(17)18)5-10(8)16/h1-5,13H,6H2. The summed E-state index contributed by atoms with van der Waals surface area (Å²) in [5, 5.41) is 0. The molecule has 1 heterocycles. The maximum atomic E-state index is 13.6. The normalized spacial score (nSPS) is 10.9. The predicted octanol–water partition coefficient (Wildman–Crippen LogP) is 4.64. The number of hydrogen-bond acceptors (Lipinski definition) is 2. The Hall–Kier alpha value is -1.63. The SMILES string of the molecule is Fc1cc(C(F)F)ccc1COc1ccc(F)c(Br)n1. The summed E-state index contributed by atoms with van der Waals surface area (Å²) in [6.07, 6.45) is -2.73. The van der Waals surface area contributed by atoms with Gasteiger partial charge in [0.2, 0.25) is 5.88 Å². The highest BCUT2D eigenvalue weighted by molar-refractivity contribution is 9.10. The van der Waals surface area contributed by atoms with Crippen molar-refractivity contribution in [3.05, 3.63) is 57.7 Å². The van der Waals surface area contributed by atoms with E-state index in [0.29, 0.717) is 0 Å². The summed E-state index contributed by atoms with van der Waals surface area (Å²) < 4.78 is 56.4. The third kappa shape index (κ3) is 3.47. The van der Waals surface area contributed by atoms with E-state index in [9.17, 15) is 17.6 Å². The van der Waals surface area contributed by atoms with Gasteiger partial charge in [0.05, 0.1) is 0 Å². The lowest BCUT2D eigenvalue weighted by molar-refractivity contribution is 0.151. The second-order valence-electron chi connectivity index (χ2n) is 3.86. The Morgan fingerprint density at radius 3 is 2.45 bits per heavy atom. The van der Waals surface area contributed by atoms with Crippen molar-refractivity contribution in [1.82, 2.24) is 4.98 Å². The van der Waals surface area contributed by atoms with Crippen LogP contribution in [0.1, 0.15) is 17.6 Å². The molecular formula is C13H8BrF4NO. The molecule has 0 spiro atoms. The quantitative estimate of drug-likeness (QED) is 0.592. The maximum Gasteiger partial charge on any atom is 0.263 e. The highest BCUT2D eigenvalue weighted by atomic mass is 79.9. The molecule has 0 amide bonds. The zero-order chi connectivity index (χ0) is 14.7. The van der Waals surface area contributed by atoms with Crippen molar-refractivity contribution in [1.29, 1.82) is 0 Å². The molecule has 2 aromatic rings. The summed E-state index contributed by atoms with van der Waals surface area (Å²) in [5.74, 6) is -1.25. The lowest BCUT2D eigenvalue weighted by atomic mass is 10.1. The van der Waals surface area contributed by atoms with Crippen LogP contribution in [0.2, 0.25) is 0 Å². The Morgan fingerprint density at radius 2 is 1.85 bits per heavy atom. The summed E-state index contributed by atoms with van der Waals surface area (Å²) in [6.45, 7) is -0.194. The molecule has 0 bridgehead atoms. The van der Waals surface area contributed by atoms with Gasteiger partial charge in [0, 0.05) is 17.2 Å². The number of aromatic nitrogens is 1. The minimum Gasteiger partial charge on any atom is -0.473 e. The summed E-state index contributed by atoms with van der Waals surface area (Å²) in [7, 11) is 0. The van der Waals surface area contributed by atoms with E-state index in [2.05, 4.69) is 20.9 Å². The summed E-state index contributed by atoms with van der Waals surface area (Å²) in [4.78, 5) is 3.74. The average molecular weight is 350 g/mol. The van der Waals surface area contributed by atoms with E-state index in [1.165, 1.54) is 12.1 Å². The van der Waals surface area contributed by atoms with Gasteiger partial charge >= 0.3 is 0 Å². The maximum absolute atomic E-state index is 13.6. The van der Waals surface area contributed by atoms with E-state index in [1.54, 1.807) is 0 Å². The molecule has 2 rings (SSSR count). The fourth-order valence-electron chi connectivity index (χ4n) is 1.45. The summed E-state index contributed by atoms with van der Waals surface area (Å²) in [5.41, 5.74) is -0.287. The topological polar surface area (TPSA) is 22.1 Å². The molecule has 0 aliphatic rings. The van der Waals surface area contributed by atoms with E-state index in [-0.39, 0.29) is 22.7 Å². The molecule has 0 unspecified atom stereocenters. The molecule has 1 aromatic carbocycles. The first-order valence-corrected chi connectivity index (χ1v) is 6.28. The first-order chi connectivity index (χ1) is 9.47. The number of alkyl halides is 2. The van der Waals surface area contributed by atoms with E-state index in [4.69, 9.17) is 4.74 Å². The van der Waals surface area contributed by atoms with Crippen molar-refractivity contribution < 1.29 is 22.3 Å². The number of rotatable bonds is 4. The van der Waals surface area contributed by atoms with Crippen molar-refractivity contribution in [2.45, 2.75) is 13.0 Å². The molecule has 20 heavy (non-hydrogen) atoms. The average Bonchev–Trinajstić information content (AvgIpc) is 2.41. The summed E-state index contributed by atoms with van der Waals surface area (Å²) >= 11 is 2.89. The van der Waals surface area contributed by atoms with Crippen LogP contribution in [0.5, 0.6) is 5.88 Å². The van der Waals surface area contributed by atoms with Gasteiger partial charge in [-0.15, -0.1) is 0 Å². The van der Waals surface area contributed by atoms with Crippen LogP contribution >= 0.6 is 15.9 Å². The third-order valence-corrected chi connectivity index (χ3v) is 3.04. The number of nitrogens with zero attached hydrogens (tertiary/aromatic N) is 1. The van der Waals surface area contributed by atoms with Crippen molar-refractivity contribution in [3.63, 3.8) is 0 Å². The Labute approximate surface area is 120 Å². The van der Waals surface area contributed by atoms with E-state index < -0.39 is 23.6 Å². The number of halogens is 5. The van der Waals surface area contributed by atoms with Crippen LogP contribution in [0.4, 0.5) is 17.6 Å². The van der Waals surface area contributed by atoms with Crippen LogP contribution in [0.15, 0.2) is 34.9 Å². The van der Waals surface area contributed by atoms with Gasteiger partial charge in [0.15, 0.2) is 5.82 Å². The molecule has 0 saturated heterocycles. The third-order valence-electron chi connectivity index (χ3n) is 2.48. The minimum absolute atomic E-state index is 0.0245. The Kier molecular flexibility index (Phi) is 4.59. The number of benzene rings is 1. The molecule has 0 radical (unpaired) electrons. The van der Waals surface area contributed by atoms with Crippen LogP contribution in [-0.4, -0.2) is 4.98 Å². The van der Waals surface area contributed by atoms with Crippen LogP contribution in [0, 0.1) is 11.6 Å². The number of hydrogen-bond donors (Lipinski definition) is 0.